The van der Waals surface area contributed by atoms with Gasteiger partial charge >= 0.3 is 0 Å². The molecule has 0 spiro atoms. The third-order valence-electron chi connectivity index (χ3n) is 3.98. The van der Waals surface area contributed by atoms with Crippen molar-refractivity contribution in [2.75, 3.05) is 0 Å². The van der Waals surface area contributed by atoms with E-state index in [1.165, 1.54) is 25.7 Å². The van der Waals surface area contributed by atoms with Crippen LogP contribution >= 0.6 is 15.9 Å². The predicted octanol–water partition coefficient (Wildman–Crippen LogP) is 4.09. The number of pyridine rings is 1. The van der Waals surface area contributed by atoms with Crippen LogP contribution in [-0.4, -0.2) is 15.0 Å². The molecule has 3 nitrogen and oxygen atoms in total. The number of H-pyrrole nitrogens is 1. The molecule has 0 bridgehead atoms. The first-order chi connectivity index (χ1) is 8.70. The van der Waals surface area contributed by atoms with Crippen LogP contribution in [0.3, 0.4) is 0 Å². The Hall–Kier alpha value is -0.900. The Labute approximate surface area is 116 Å². The van der Waals surface area contributed by atoms with E-state index < -0.39 is 0 Å². The minimum Gasteiger partial charge on any atom is -0.341 e. The summed E-state index contributed by atoms with van der Waals surface area (Å²) in [5.74, 6) is 2.80. The van der Waals surface area contributed by atoms with Gasteiger partial charge in [-0.1, -0.05) is 19.8 Å². The van der Waals surface area contributed by atoms with Gasteiger partial charge in [-0.2, -0.15) is 0 Å². The molecule has 1 N–H and O–H groups in total. The van der Waals surface area contributed by atoms with Gasteiger partial charge in [-0.25, -0.2) is 9.97 Å². The number of nitrogens with one attached hydrogen (secondary N) is 1. The summed E-state index contributed by atoms with van der Waals surface area (Å²) in [5, 5.41) is 0. The van der Waals surface area contributed by atoms with Crippen LogP contribution in [0, 0.1) is 11.8 Å². The van der Waals surface area contributed by atoms with Gasteiger partial charge in [0.25, 0.3) is 0 Å². The molecule has 4 heteroatoms. The molecule has 0 saturated heterocycles. The number of rotatable bonds is 2. The zero-order valence-corrected chi connectivity index (χ0v) is 12.2. The number of halogens is 1. The minimum absolute atomic E-state index is 0.796. The van der Waals surface area contributed by atoms with Crippen LogP contribution in [0.4, 0.5) is 0 Å². The van der Waals surface area contributed by atoms with Crippen LogP contribution in [0.5, 0.6) is 0 Å². The topological polar surface area (TPSA) is 41.6 Å². The molecule has 0 unspecified atom stereocenters. The standard InChI is InChI=1S/C14H18BrN3/c1-9-2-4-10(5-3-9)8-13-16-11-6-7-12(15)17-14(11)18-13/h6-7,9-10H,2-5,8H2,1H3,(H,16,17,18). The molecule has 0 radical (unpaired) electrons. The third-order valence-corrected chi connectivity index (χ3v) is 4.42. The first-order valence-corrected chi connectivity index (χ1v) is 7.51. The Morgan fingerprint density at radius 1 is 1.22 bits per heavy atom. The van der Waals surface area contributed by atoms with Gasteiger partial charge in [-0.3, -0.25) is 0 Å². The van der Waals surface area contributed by atoms with Crippen molar-refractivity contribution < 1.29 is 0 Å². The number of fused-ring (bicyclic) bond motifs is 1. The maximum atomic E-state index is 4.59. The van der Waals surface area contributed by atoms with Crippen molar-refractivity contribution in [3.63, 3.8) is 0 Å². The first-order valence-electron chi connectivity index (χ1n) is 6.72. The lowest BCUT2D eigenvalue weighted by molar-refractivity contribution is 0.286. The molecular formula is C14H18BrN3. The third kappa shape index (κ3) is 2.58. The quantitative estimate of drug-likeness (QED) is 0.849. The molecule has 2 heterocycles. The average molecular weight is 308 g/mol. The normalized spacial score (nSPS) is 24.6. The van der Waals surface area contributed by atoms with Crippen molar-refractivity contribution in [3.05, 3.63) is 22.6 Å². The van der Waals surface area contributed by atoms with E-state index in [1.54, 1.807) is 0 Å². The average Bonchev–Trinajstić information content (AvgIpc) is 2.73. The van der Waals surface area contributed by atoms with E-state index in [1.807, 2.05) is 12.1 Å². The molecule has 1 fully saturated rings. The first kappa shape index (κ1) is 12.2. The lowest BCUT2D eigenvalue weighted by atomic mass is 9.81. The molecule has 18 heavy (non-hydrogen) atoms. The summed E-state index contributed by atoms with van der Waals surface area (Å²) in [6, 6.07) is 3.98. The number of imidazole rings is 1. The largest absolute Gasteiger partial charge is 0.341 e. The lowest BCUT2D eigenvalue weighted by Crippen LogP contribution is -2.14. The number of nitrogens with zero attached hydrogens (tertiary/aromatic N) is 2. The Bertz CT molecular complexity index is 541. The van der Waals surface area contributed by atoms with E-state index in [4.69, 9.17) is 0 Å². The maximum absolute atomic E-state index is 4.59. The zero-order chi connectivity index (χ0) is 12.5. The summed E-state index contributed by atoms with van der Waals surface area (Å²) in [4.78, 5) is 12.4. The van der Waals surface area contributed by atoms with Crippen molar-refractivity contribution in [1.29, 1.82) is 0 Å². The number of hydrogen-bond donors (Lipinski definition) is 1. The van der Waals surface area contributed by atoms with Crippen LogP contribution < -0.4 is 0 Å². The van der Waals surface area contributed by atoms with E-state index in [9.17, 15) is 0 Å². The fourth-order valence-electron chi connectivity index (χ4n) is 2.82. The van der Waals surface area contributed by atoms with E-state index in [2.05, 4.69) is 37.8 Å². The van der Waals surface area contributed by atoms with Gasteiger partial charge < -0.3 is 4.98 Å². The number of aromatic amines is 1. The van der Waals surface area contributed by atoms with Gasteiger partial charge in [0.15, 0.2) is 5.65 Å². The van der Waals surface area contributed by atoms with Crippen molar-refractivity contribution >= 4 is 27.1 Å². The highest BCUT2D eigenvalue weighted by Gasteiger charge is 2.19. The fourth-order valence-corrected chi connectivity index (χ4v) is 3.12. The maximum Gasteiger partial charge on any atom is 0.178 e. The van der Waals surface area contributed by atoms with Gasteiger partial charge in [-0.05, 0) is 52.7 Å². The molecule has 1 saturated carbocycles. The van der Waals surface area contributed by atoms with Crippen molar-refractivity contribution in [2.45, 2.75) is 39.0 Å². The second-order valence-electron chi connectivity index (χ2n) is 5.52. The van der Waals surface area contributed by atoms with Crippen molar-refractivity contribution in [3.8, 4) is 0 Å². The van der Waals surface area contributed by atoms with Crippen LogP contribution in [0.2, 0.25) is 0 Å². The molecule has 1 aliphatic rings. The SMILES string of the molecule is CC1CCC(Cc2nc3nc(Br)ccc3[nH]2)CC1. The van der Waals surface area contributed by atoms with E-state index in [0.717, 1.165) is 39.8 Å². The lowest BCUT2D eigenvalue weighted by Gasteiger charge is -2.25. The summed E-state index contributed by atoms with van der Waals surface area (Å²) in [7, 11) is 0. The number of hydrogen-bond acceptors (Lipinski definition) is 2. The Balaban J connectivity index is 1.74. The second kappa shape index (κ2) is 5.00. The summed E-state index contributed by atoms with van der Waals surface area (Å²) < 4.78 is 0.847. The van der Waals surface area contributed by atoms with E-state index >= 15 is 0 Å². The molecule has 96 valence electrons. The van der Waals surface area contributed by atoms with Crippen LogP contribution in [0.25, 0.3) is 11.2 Å². The molecule has 1 aliphatic carbocycles. The van der Waals surface area contributed by atoms with Gasteiger partial charge in [0, 0.05) is 6.42 Å². The summed E-state index contributed by atoms with van der Waals surface area (Å²) >= 11 is 3.38. The summed E-state index contributed by atoms with van der Waals surface area (Å²) in [6.45, 7) is 2.36. The van der Waals surface area contributed by atoms with Crippen molar-refractivity contribution in [1.82, 2.24) is 15.0 Å². The second-order valence-corrected chi connectivity index (χ2v) is 6.33. The Morgan fingerprint density at radius 2 is 2.00 bits per heavy atom. The Morgan fingerprint density at radius 3 is 2.78 bits per heavy atom. The van der Waals surface area contributed by atoms with Gasteiger partial charge in [0.2, 0.25) is 0 Å². The van der Waals surface area contributed by atoms with E-state index in [-0.39, 0.29) is 0 Å². The van der Waals surface area contributed by atoms with Gasteiger partial charge in [-0.15, -0.1) is 0 Å². The number of aromatic nitrogens is 3. The predicted molar refractivity (Wildman–Crippen MR) is 76.4 cm³/mol. The monoisotopic (exact) mass is 307 g/mol. The molecular weight excluding hydrogens is 290 g/mol. The van der Waals surface area contributed by atoms with Crippen LogP contribution in [0.15, 0.2) is 16.7 Å². The molecule has 0 aromatic carbocycles. The molecule has 2 aromatic heterocycles. The Kier molecular flexibility index (Phi) is 3.37. The van der Waals surface area contributed by atoms with Crippen LogP contribution in [0.1, 0.15) is 38.4 Å². The van der Waals surface area contributed by atoms with E-state index in [0.29, 0.717) is 0 Å². The zero-order valence-electron chi connectivity index (χ0n) is 10.6. The fraction of sp³-hybridized carbons (Fsp3) is 0.571. The molecule has 0 amide bonds. The summed E-state index contributed by atoms with van der Waals surface area (Å²) in [6.07, 6.45) is 6.49. The van der Waals surface area contributed by atoms with Crippen LogP contribution in [-0.2, 0) is 6.42 Å². The van der Waals surface area contributed by atoms with Gasteiger partial charge in [0.1, 0.15) is 10.4 Å². The van der Waals surface area contributed by atoms with Crippen molar-refractivity contribution in [2.24, 2.45) is 11.8 Å². The van der Waals surface area contributed by atoms with Gasteiger partial charge in [0.05, 0.1) is 5.52 Å². The highest BCUT2D eigenvalue weighted by Crippen LogP contribution is 2.30. The molecule has 0 aliphatic heterocycles. The molecule has 0 atom stereocenters. The smallest absolute Gasteiger partial charge is 0.178 e. The minimum atomic E-state index is 0.796. The molecule has 2 aromatic rings. The molecule has 3 rings (SSSR count). The summed E-state index contributed by atoms with van der Waals surface area (Å²) in [5.41, 5.74) is 1.86. The highest BCUT2D eigenvalue weighted by atomic mass is 79.9. The highest BCUT2D eigenvalue weighted by molar-refractivity contribution is 9.10.